The van der Waals surface area contributed by atoms with Gasteiger partial charge in [-0.3, -0.25) is 25.8 Å². The van der Waals surface area contributed by atoms with Crippen LogP contribution in [-0.4, -0.2) is 28.0 Å². The van der Waals surface area contributed by atoms with Crippen molar-refractivity contribution in [3.8, 4) is 0 Å². The van der Waals surface area contributed by atoms with E-state index >= 15 is 0 Å². The highest BCUT2D eigenvalue weighted by atomic mass is 19.1. The lowest BCUT2D eigenvalue weighted by Crippen LogP contribution is -2.42. The van der Waals surface area contributed by atoms with Gasteiger partial charge in [0, 0.05) is 10.9 Å². The van der Waals surface area contributed by atoms with Gasteiger partial charge in [-0.1, -0.05) is 12.1 Å². The van der Waals surface area contributed by atoms with Crippen LogP contribution < -0.4 is 16.2 Å². The highest BCUT2D eigenvalue weighted by molar-refractivity contribution is 6.04. The van der Waals surface area contributed by atoms with E-state index in [0.717, 1.165) is 0 Å². The number of carbonyl (C=O) groups excluding carboxylic acids is 2. The molecule has 0 fully saturated rings. The number of halogens is 1. The first-order valence-electron chi connectivity index (χ1n) is 7.42. The zero-order valence-electron chi connectivity index (χ0n) is 13.2. The quantitative estimate of drug-likeness (QED) is 0.463. The van der Waals surface area contributed by atoms with Gasteiger partial charge < -0.3 is 10.1 Å². The number of carboxylic acid groups (broad SMARTS) is 1. The third kappa shape index (κ3) is 3.61. The zero-order valence-corrected chi connectivity index (χ0v) is 13.2. The highest BCUT2D eigenvalue weighted by Gasteiger charge is 2.15. The molecule has 0 aliphatic carbocycles. The molecule has 9 heteroatoms. The predicted molar refractivity (Wildman–Crippen MR) is 91.3 cm³/mol. The number of hydrogen-bond donors (Lipinski definition) is 5. The van der Waals surface area contributed by atoms with E-state index in [1.165, 1.54) is 36.4 Å². The summed E-state index contributed by atoms with van der Waals surface area (Å²) in [5, 5.41) is 11.4. The molecule has 0 spiro atoms. The van der Waals surface area contributed by atoms with Crippen molar-refractivity contribution in [3.05, 3.63) is 65.6 Å². The fraction of sp³-hybridized carbons (Fsp3) is 0. The second kappa shape index (κ2) is 6.93. The topological polar surface area (TPSA) is 123 Å². The fourth-order valence-corrected chi connectivity index (χ4v) is 2.38. The number of aromatic nitrogens is 1. The van der Waals surface area contributed by atoms with E-state index < -0.39 is 23.7 Å². The first-order chi connectivity index (χ1) is 12.4. The average molecular weight is 356 g/mol. The molecule has 132 valence electrons. The van der Waals surface area contributed by atoms with Crippen LogP contribution in [0.15, 0.2) is 48.5 Å². The van der Waals surface area contributed by atoms with Crippen LogP contribution in [0.1, 0.15) is 20.8 Å². The van der Waals surface area contributed by atoms with Crippen LogP contribution >= 0.6 is 0 Å². The standard InChI is InChI=1S/C17H13FN4O4/c18-10-5-6-12-9(7-10)8-14(19-12)16(24)22-21-15(23)11-3-1-2-4-13(11)20-17(25)26/h1-8,19-20H,(H,21,23)(H,22,24)(H,25,26). The average Bonchev–Trinajstić information content (AvgIpc) is 3.02. The molecule has 0 atom stereocenters. The molecule has 0 bridgehead atoms. The largest absolute Gasteiger partial charge is 0.465 e. The zero-order chi connectivity index (χ0) is 18.7. The summed E-state index contributed by atoms with van der Waals surface area (Å²) in [5.41, 5.74) is 5.22. The van der Waals surface area contributed by atoms with E-state index in [0.29, 0.717) is 10.9 Å². The third-order valence-corrected chi connectivity index (χ3v) is 3.53. The van der Waals surface area contributed by atoms with Gasteiger partial charge >= 0.3 is 6.09 Å². The molecule has 3 rings (SSSR count). The third-order valence-electron chi connectivity index (χ3n) is 3.53. The SMILES string of the molecule is O=C(O)Nc1ccccc1C(=O)NNC(=O)c1cc2cc(F)ccc2[nH]1. The maximum atomic E-state index is 13.2. The number of nitrogens with one attached hydrogen (secondary N) is 4. The molecule has 0 saturated heterocycles. The number of para-hydroxylation sites is 1. The van der Waals surface area contributed by atoms with Crippen LogP contribution in [0.5, 0.6) is 0 Å². The van der Waals surface area contributed by atoms with E-state index in [-0.39, 0.29) is 16.9 Å². The molecule has 0 radical (unpaired) electrons. The summed E-state index contributed by atoms with van der Waals surface area (Å²) in [6.45, 7) is 0. The normalized spacial score (nSPS) is 10.3. The highest BCUT2D eigenvalue weighted by Crippen LogP contribution is 2.17. The smallest absolute Gasteiger partial charge is 0.409 e. The van der Waals surface area contributed by atoms with Crippen LogP contribution in [0.25, 0.3) is 10.9 Å². The minimum atomic E-state index is -1.32. The van der Waals surface area contributed by atoms with E-state index in [1.54, 1.807) is 12.1 Å². The Hall–Kier alpha value is -3.88. The Morgan fingerprint density at radius 1 is 0.962 bits per heavy atom. The van der Waals surface area contributed by atoms with Gasteiger partial charge in [-0.2, -0.15) is 0 Å². The summed E-state index contributed by atoms with van der Waals surface area (Å²) < 4.78 is 13.2. The molecular formula is C17H13FN4O4. The Morgan fingerprint density at radius 2 is 1.69 bits per heavy atom. The Balaban J connectivity index is 1.71. The summed E-state index contributed by atoms with van der Waals surface area (Å²) >= 11 is 0. The molecule has 5 N–H and O–H groups in total. The van der Waals surface area contributed by atoms with Crippen molar-refractivity contribution in [2.45, 2.75) is 0 Å². The molecule has 0 saturated carbocycles. The van der Waals surface area contributed by atoms with Gasteiger partial charge in [-0.15, -0.1) is 0 Å². The van der Waals surface area contributed by atoms with Crippen LogP contribution in [0.3, 0.4) is 0 Å². The number of carbonyl (C=O) groups is 3. The van der Waals surface area contributed by atoms with Gasteiger partial charge in [-0.05, 0) is 36.4 Å². The van der Waals surface area contributed by atoms with Gasteiger partial charge in [0.05, 0.1) is 11.3 Å². The second-order valence-corrected chi connectivity index (χ2v) is 5.30. The van der Waals surface area contributed by atoms with Gasteiger partial charge in [0.1, 0.15) is 11.5 Å². The van der Waals surface area contributed by atoms with Crippen molar-refractivity contribution in [2.75, 3.05) is 5.32 Å². The summed E-state index contributed by atoms with van der Waals surface area (Å²) in [7, 11) is 0. The van der Waals surface area contributed by atoms with E-state index in [1.807, 2.05) is 0 Å². The first kappa shape index (κ1) is 17.0. The number of aromatic amines is 1. The molecule has 2 aromatic carbocycles. The number of rotatable bonds is 3. The predicted octanol–water partition coefficient (Wildman–Crippen LogP) is 2.47. The lowest BCUT2D eigenvalue weighted by atomic mass is 10.1. The van der Waals surface area contributed by atoms with Gasteiger partial charge in [0.2, 0.25) is 0 Å². The van der Waals surface area contributed by atoms with Crippen LogP contribution in [0.2, 0.25) is 0 Å². The monoisotopic (exact) mass is 356 g/mol. The van der Waals surface area contributed by atoms with E-state index in [2.05, 4.69) is 21.2 Å². The number of amides is 3. The summed E-state index contributed by atoms with van der Waals surface area (Å²) in [4.78, 5) is 37.9. The molecule has 0 unspecified atom stereocenters. The number of hydrazine groups is 1. The number of hydrogen-bond acceptors (Lipinski definition) is 3. The summed E-state index contributed by atoms with van der Waals surface area (Å²) in [6, 6.07) is 11.4. The molecule has 3 aromatic rings. The van der Waals surface area contributed by atoms with Crippen LogP contribution in [0, 0.1) is 5.82 Å². The molecule has 1 heterocycles. The molecule has 0 aliphatic heterocycles. The number of H-pyrrole nitrogens is 1. The maximum absolute atomic E-state index is 13.2. The molecule has 1 aromatic heterocycles. The van der Waals surface area contributed by atoms with Crippen molar-refractivity contribution in [3.63, 3.8) is 0 Å². The number of benzene rings is 2. The van der Waals surface area contributed by atoms with Crippen molar-refractivity contribution < 1.29 is 23.9 Å². The Morgan fingerprint density at radius 3 is 2.46 bits per heavy atom. The Labute approximate surface area is 146 Å². The van der Waals surface area contributed by atoms with Crippen LogP contribution in [-0.2, 0) is 0 Å². The van der Waals surface area contributed by atoms with Crippen molar-refractivity contribution in [2.24, 2.45) is 0 Å². The molecular weight excluding hydrogens is 343 g/mol. The van der Waals surface area contributed by atoms with Crippen molar-refractivity contribution in [1.29, 1.82) is 0 Å². The summed E-state index contributed by atoms with van der Waals surface area (Å²) in [6.07, 6.45) is -1.32. The Kier molecular flexibility index (Phi) is 4.52. The minimum absolute atomic E-state index is 0.0360. The molecule has 3 amide bonds. The van der Waals surface area contributed by atoms with Gasteiger partial charge in [-0.25, -0.2) is 9.18 Å². The maximum Gasteiger partial charge on any atom is 0.409 e. The van der Waals surface area contributed by atoms with Gasteiger partial charge in [0.15, 0.2) is 0 Å². The first-order valence-corrected chi connectivity index (χ1v) is 7.42. The van der Waals surface area contributed by atoms with Gasteiger partial charge in [0.25, 0.3) is 11.8 Å². The lowest BCUT2D eigenvalue weighted by Gasteiger charge is -2.10. The second-order valence-electron chi connectivity index (χ2n) is 5.30. The Bertz CT molecular complexity index is 1010. The van der Waals surface area contributed by atoms with E-state index in [9.17, 15) is 18.8 Å². The summed E-state index contributed by atoms with van der Waals surface area (Å²) in [5.74, 6) is -1.78. The molecule has 8 nitrogen and oxygen atoms in total. The van der Waals surface area contributed by atoms with Crippen molar-refractivity contribution >= 4 is 34.5 Å². The molecule has 26 heavy (non-hydrogen) atoms. The van der Waals surface area contributed by atoms with Crippen molar-refractivity contribution in [1.82, 2.24) is 15.8 Å². The molecule has 0 aliphatic rings. The lowest BCUT2D eigenvalue weighted by molar-refractivity contribution is 0.0845. The number of fused-ring (bicyclic) bond motifs is 1. The van der Waals surface area contributed by atoms with E-state index in [4.69, 9.17) is 5.11 Å². The number of anilines is 1. The fourth-order valence-electron chi connectivity index (χ4n) is 2.38. The van der Waals surface area contributed by atoms with Crippen LogP contribution in [0.4, 0.5) is 14.9 Å². The minimum Gasteiger partial charge on any atom is -0.465 e.